The van der Waals surface area contributed by atoms with Crippen molar-refractivity contribution in [1.29, 1.82) is 0 Å². The molecule has 2 heterocycles. The number of hydrogen-bond donors (Lipinski definition) is 2. The van der Waals surface area contributed by atoms with Crippen molar-refractivity contribution in [3.05, 3.63) is 32.6 Å². The highest BCUT2D eigenvalue weighted by atomic mass is 32.1. The number of aryl methyl sites for hydroxylation is 4. The minimum absolute atomic E-state index is 0.587. The Kier molecular flexibility index (Phi) is 7.43. The normalized spacial score (nSPS) is 11.8. The summed E-state index contributed by atoms with van der Waals surface area (Å²) in [7, 11) is 0. The molecule has 0 fully saturated rings. The van der Waals surface area contributed by atoms with Crippen LogP contribution in [-0.2, 0) is 25.8 Å². The molecule has 2 aromatic heterocycles. The topological polar surface area (TPSA) is 75.3 Å². The second kappa shape index (κ2) is 9.56. The van der Waals surface area contributed by atoms with Crippen LogP contribution in [0.25, 0.3) is 0 Å². The SMILES string of the molecule is CCNC(=NCc1c(CC)noc1CC)NCCc1sc(C)nc1C. The largest absolute Gasteiger partial charge is 0.361 e. The van der Waals surface area contributed by atoms with Crippen LogP contribution in [0.5, 0.6) is 0 Å². The van der Waals surface area contributed by atoms with Gasteiger partial charge in [-0.25, -0.2) is 9.98 Å². The van der Waals surface area contributed by atoms with E-state index in [-0.39, 0.29) is 0 Å². The van der Waals surface area contributed by atoms with E-state index in [2.05, 4.69) is 55.4 Å². The molecular formula is C18H29N5OS. The number of aromatic nitrogens is 2. The van der Waals surface area contributed by atoms with Gasteiger partial charge in [0, 0.05) is 36.4 Å². The van der Waals surface area contributed by atoms with Gasteiger partial charge in [0.15, 0.2) is 5.96 Å². The van der Waals surface area contributed by atoms with Crippen molar-refractivity contribution in [1.82, 2.24) is 20.8 Å². The molecule has 25 heavy (non-hydrogen) atoms. The minimum atomic E-state index is 0.587. The van der Waals surface area contributed by atoms with Crippen LogP contribution >= 0.6 is 11.3 Å². The molecule has 6 nitrogen and oxygen atoms in total. The third-order valence-corrected chi connectivity index (χ3v) is 5.12. The molecule has 0 aliphatic rings. The monoisotopic (exact) mass is 363 g/mol. The Hall–Kier alpha value is -1.89. The van der Waals surface area contributed by atoms with E-state index in [1.807, 2.05) is 0 Å². The van der Waals surface area contributed by atoms with Gasteiger partial charge in [-0.2, -0.15) is 0 Å². The molecule has 2 N–H and O–H groups in total. The summed E-state index contributed by atoms with van der Waals surface area (Å²) < 4.78 is 5.42. The molecule has 0 aromatic carbocycles. The molecule has 0 saturated heterocycles. The first kappa shape index (κ1) is 19.4. The van der Waals surface area contributed by atoms with E-state index in [0.29, 0.717) is 6.54 Å². The summed E-state index contributed by atoms with van der Waals surface area (Å²) in [5.74, 6) is 1.76. The van der Waals surface area contributed by atoms with Crippen molar-refractivity contribution >= 4 is 17.3 Å². The van der Waals surface area contributed by atoms with Crippen molar-refractivity contribution in [3.8, 4) is 0 Å². The number of nitrogens with one attached hydrogen (secondary N) is 2. The van der Waals surface area contributed by atoms with Crippen LogP contribution in [0, 0.1) is 13.8 Å². The number of aliphatic imine (C=N–C) groups is 1. The fourth-order valence-corrected chi connectivity index (χ4v) is 3.65. The van der Waals surface area contributed by atoms with Crippen LogP contribution in [0.1, 0.15) is 53.4 Å². The predicted octanol–water partition coefficient (Wildman–Crippen LogP) is 3.17. The zero-order valence-corrected chi connectivity index (χ0v) is 16.7. The molecule has 0 amide bonds. The average molecular weight is 364 g/mol. The van der Waals surface area contributed by atoms with E-state index < -0.39 is 0 Å². The van der Waals surface area contributed by atoms with Gasteiger partial charge in [0.1, 0.15) is 5.76 Å². The summed E-state index contributed by atoms with van der Waals surface area (Å²) in [5, 5.41) is 12.0. The second-order valence-corrected chi connectivity index (χ2v) is 7.14. The summed E-state index contributed by atoms with van der Waals surface area (Å²) >= 11 is 1.77. The Morgan fingerprint density at radius 1 is 1.16 bits per heavy atom. The van der Waals surface area contributed by atoms with Gasteiger partial charge in [-0.3, -0.25) is 0 Å². The first-order chi connectivity index (χ1) is 12.1. The third-order valence-electron chi connectivity index (χ3n) is 3.99. The quantitative estimate of drug-likeness (QED) is 0.556. The minimum Gasteiger partial charge on any atom is -0.361 e. The third kappa shape index (κ3) is 5.29. The van der Waals surface area contributed by atoms with Crippen molar-refractivity contribution < 1.29 is 4.52 Å². The second-order valence-electron chi connectivity index (χ2n) is 5.85. The zero-order valence-electron chi connectivity index (χ0n) is 15.9. The number of guanidine groups is 1. The maximum absolute atomic E-state index is 5.42. The highest BCUT2D eigenvalue weighted by Gasteiger charge is 2.13. The molecule has 0 saturated carbocycles. The maximum atomic E-state index is 5.42. The fourth-order valence-electron chi connectivity index (χ4n) is 2.72. The van der Waals surface area contributed by atoms with Crippen molar-refractivity contribution in [2.75, 3.05) is 13.1 Å². The molecule has 2 rings (SSSR count). The molecule has 138 valence electrons. The van der Waals surface area contributed by atoms with Gasteiger partial charge in [0.25, 0.3) is 0 Å². The highest BCUT2D eigenvalue weighted by Crippen LogP contribution is 2.18. The van der Waals surface area contributed by atoms with Gasteiger partial charge < -0.3 is 15.2 Å². The Balaban J connectivity index is 1.98. The molecular weight excluding hydrogens is 334 g/mol. The number of rotatable bonds is 8. The lowest BCUT2D eigenvalue weighted by Crippen LogP contribution is -2.38. The summed E-state index contributed by atoms with van der Waals surface area (Å²) in [6.45, 7) is 12.6. The fraction of sp³-hybridized carbons (Fsp3) is 0.611. The zero-order chi connectivity index (χ0) is 18.2. The smallest absolute Gasteiger partial charge is 0.191 e. The molecule has 0 spiro atoms. The summed E-state index contributed by atoms with van der Waals surface area (Å²) in [6.07, 6.45) is 2.66. The van der Waals surface area contributed by atoms with E-state index in [4.69, 9.17) is 9.52 Å². The van der Waals surface area contributed by atoms with Crippen LogP contribution in [0.2, 0.25) is 0 Å². The molecule has 0 bridgehead atoms. The summed E-state index contributed by atoms with van der Waals surface area (Å²) in [6, 6.07) is 0. The highest BCUT2D eigenvalue weighted by molar-refractivity contribution is 7.11. The van der Waals surface area contributed by atoms with Crippen LogP contribution in [-0.4, -0.2) is 29.2 Å². The van der Waals surface area contributed by atoms with Gasteiger partial charge in [-0.15, -0.1) is 11.3 Å². The van der Waals surface area contributed by atoms with E-state index in [9.17, 15) is 0 Å². The molecule has 0 aliphatic carbocycles. The van der Waals surface area contributed by atoms with Gasteiger partial charge in [0.05, 0.1) is 22.9 Å². The van der Waals surface area contributed by atoms with E-state index in [0.717, 1.165) is 66.0 Å². The molecule has 0 unspecified atom stereocenters. The summed E-state index contributed by atoms with van der Waals surface area (Å²) in [5.41, 5.74) is 3.26. The Bertz CT molecular complexity index is 683. The van der Waals surface area contributed by atoms with E-state index in [1.165, 1.54) is 4.88 Å². The van der Waals surface area contributed by atoms with Gasteiger partial charge in [0.2, 0.25) is 0 Å². The van der Waals surface area contributed by atoms with Gasteiger partial charge >= 0.3 is 0 Å². The van der Waals surface area contributed by atoms with E-state index in [1.54, 1.807) is 11.3 Å². The first-order valence-corrected chi connectivity index (χ1v) is 9.81. The number of thiazole rings is 1. The molecule has 0 radical (unpaired) electrons. The van der Waals surface area contributed by atoms with Crippen LogP contribution in [0.4, 0.5) is 0 Å². The van der Waals surface area contributed by atoms with Crippen LogP contribution in [0.3, 0.4) is 0 Å². The molecule has 0 aliphatic heterocycles. The summed E-state index contributed by atoms with van der Waals surface area (Å²) in [4.78, 5) is 10.5. The Morgan fingerprint density at radius 3 is 2.56 bits per heavy atom. The number of nitrogens with zero attached hydrogens (tertiary/aromatic N) is 3. The number of hydrogen-bond acceptors (Lipinski definition) is 5. The van der Waals surface area contributed by atoms with Gasteiger partial charge in [-0.05, 0) is 27.2 Å². The standard InChI is InChI=1S/C18H29N5OS/c1-6-15-14(16(7-2)24-23-15)11-21-18(19-8-3)20-10-9-17-12(4)22-13(5)25-17/h6-11H2,1-5H3,(H2,19,20,21). The van der Waals surface area contributed by atoms with Crippen LogP contribution < -0.4 is 10.6 Å². The van der Waals surface area contributed by atoms with Gasteiger partial charge in [-0.1, -0.05) is 19.0 Å². The Morgan fingerprint density at radius 2 is 1.96 bits per heavy atom. The predicted molar refractivity (Wildman–Crippen MR) is 103 cm³/mol. The Labute approximate surface area is 154 Å². The average Bonchev–Trinajstić information content (AvgIpc) is 3.14. The lowest BCUT2D eigenvalue weighted by molar-refractivity contribution is 0.380. The van der Waals surface area contributed by atoms with Crippen molar-refractivity contribution in [2.45, 2.75) is 60.4 Å². The lowest BCUT2D eigenvalue weighted by Gasteiger charge is -2.11. The van der Waals surface area contributed by atoms with Crippen LogP contribution in [0.15, 0.2) is 9.52 Å². The lowest BCUT2D eigenvalue weighted by atomic mass is 10.1. The van der Waals surface area contributed by atoms with E-state index >= 15 is 0 Å². The van der Waals surface area contributed by atoms with Crippen molar-refractivity contribution in [3.63, 3.8) is 0 Å². The maximum Gasteiger partial charge on any atom is 0.191 e. The molecule has 7 heteroatoms. The first-order valence-electron chi connectivity index (χ1n) is 9.00. The van der Waals surface area contributed by atoms with Crippen molar-refractivity contribution in [2.24, 2.45) is 4.99 Å². The molecule has 2 aromatic rings. The molecule has 0 atom stereocenters.